The Balaban J connectivity index is 2.40. The van der Waals surface area contributed by atoms with E-state index >= 15 is 0 Å². The van der Waals surface area contributed by atoms with Gasteiger partial charge in [-0.05, 0) is 19.8 Å². The number of anilines is 1. The predicted octanol–water partition coefficient (Wildman–Crippen LogP) is 1.44. The highest BCUT2D eigenvalue weighted by molar-refractivity contribution is 5.48. The van der Waals surface area contributed by atoms with Crippen molar-refractivity contribution in [3.05, 3.63) is 11.5 Å². The Morgan fingerprint density at radius 3 is 2.70 bits per heavy atom. The molecule has 0 radical (unpaired) electrons. The monoisotopic (exact) mass is 138 g/mol. The third-order valence-corrected chi connectivity index (χ3v) is 1.90. The molecule has 2 N–H and O–H groups in total. The quantitative estimate of drug-likeness (QED) is 0.638. The molecule has 10 heavy (non-hydrogen) atoms. The molecule has 3 nitrogen and oxygen atoms in total. The van der Waals surface area contributed by atoms with Crippen LogP contribution in [0.4, 0.5) is 5.69 Å². The van der Waals surface area contributed by atoms with E-state index in [4.69, 9.17) is 10.3 Å². The standard InChI is InChI=1S/C7H10N2O/c1-4-6(8)7(9-10-4)5-2-3-5/h5H,2-3,8H2,1H3. The van der Waals surface area contributed by atoms with E-state index in [-0.39, 0.29) is 0 Å². The van der Waals surface area contributed by atoms with Gasteiger partial charge >= 0.3 is 0 Å². The minimum Gasteiger partial charge on any atom is -0.394 e. The Morgan fingerprint density at radius 2 is 2.30 bits per heavy atom. The van der Waals surface area contributed by atoms with Crippen molar-refractivity contribution >= 4 is 5.69 Å². The molecule has 54 valence electrons. The summed E-state index contributed by atoms with van der Waals surface area (Å²) < 4.78 is 4.92. The molecule has 0 amide bonds. The molecule has 0 saturated heterocycles. The fraction of sp³-hybridized carbons (Fsp3) is 0.571. The van der Waals surface area contributed by atoms with Gasteiger partial charge in [0.25, 0.3) is 0 Å². The molecule has 2 rings (SSSR count). The van der Waals surface area contributed by atoms with Gasteiger partial charge in [0.1, 0.15) is 5.69 Å². The van der Waals surface area contributed by atoms with E-state index in [0.717, 1.165) is 17.1 Å². The van der Waals surface area contributed by atoms with Crippen molar-refractivity contribution in [1.29, 1.82) is 0 Å². The van der Waals surface area contributed by atoms with Crippen LogP contribution < -0.4 is 5.73 Å². The van der Waals surface area contributed by atoms with Gasteiger partial charge in [0.05, 0.1) is 5.69 Å². The molecule has 0 unspecified atom stereocenters. The highest BCUT2D eigenvalue weighted by atomic mass is 16.5. The predicted molar refractivity (Wildman–Crippen MR) is 37.6 cm³/mol. The maximum atomic E-state index is 5.69. The lowest BCUT2D eigenvalue weighted by Gasteiger charge is -1.88. The van der Waals surface area contributed by atoms with Gasteiger partial charge in [-0.25, -0.2) is 0 Å². The lowest BCUT2D eigenvalue weighted by atomic mass is 10.2. The van der Waals surface area contributed by atoms with Crippen LogP contribution >= 0.6 is 0 Å². The van der Waals surface area contributed by atoms with Crippen molar-refractivity contribution in [3.8, 4) is 0 Å². The minimum atomic E-state index is 0.595. The SMILES string of the molecule is Cc1onc(C2CC2)c1N. The van der Waals surface area contributed by atoms with Gasteiger partial charge in [0.2, 0.25) is 0 Å². The zero-order valence-corrected chi connectivity index (χ0v) is 5.92. The molecule has 0 spiro atoms. The van der Waals surface area contributed by atoms with Gasteiger partial charge in [-0.2, -0.15) is 0 Å². The van der Waals surface area contributed by atoms with Crippen LogP contribution in [0.3, 0.4) is 0 Å². The van der Waals surface area contributed by atoms with Crippen LogP contribution in [0, 0.1) is 6.92 Å². The number of hydrogen-bond acceptors (Lipinski definition) is 3. The summed E-state index contributed by atoms with van der Waals surface area (Å²) in [4.78, 5) is 0. The molecule has 1 aromatic heterocycles. The van der Waals surface area contributed by atoms with E-state index in [1.165, 1.54) is 12.8 Å². The van der Waals surface area contributed by atoms with Crippen molar-refractivity contribution in [2.45, 2.75) is 25.7 Å². The average molecular weight is 138 g/mol. The van der Waals surface area contributed by atoms with E-state index in [1.54, 1.807) is 0 Å². The highest BCUT2D eigenvalue weighted by Crippen LogP contribution is 2.42. The smallest absolute Gasteiger partial charge is 0.156 e. The molecular weight excluding hydrogens is 128 g/mol. The lowest BCUT2D eigenvalue weighted by Crippen LogP contribution is -1.89. The summed E-state index contributed by atoms with van der Waals surface area (Å²) in [5.41, 5.74) is 7.41. The van der Waals surface area contributed by atoms with E-state index in [1.807, 2.05) is 6.92 Å². The highest BCUT2D eigenvalue weighted by Gasteiger charge is 2.29. The number of hydrogen-bond donors (Lipinski definition) is 1. The van der Waals surface area contributed by atoms with E-state index in [9.17, 15) is 0 Å². The largest absolute Gasteiger partial charge is 0.394 e. The topological polar surface area (TPSA) is 52.0 Å². The summed E-state index contributed by atoms with van der Waals surface area (Å²) in [6.45, 7) is 1.84. The molecule has 1 fully saturated rings. The molecule has 1 aliphatic carbocycles. The molecule has 0 aliphatic heterocycles. The van der Waals surface area contributed by atoms with Crippen molar-refractivity contribution in [2.24, 2.45) is 0 Å². The van der Waals surface area contributed by atoms with Gasteiger partial charge in [-0.3, -0.25) is 0 Å². The summed E-state index contributed by atoms with van der Waals surface area (Å²) in [7, 11) is 0. The summed E-state index contributed by atoms with van der Waals surface area (Å²) in [5, 5.41) is 3.88. The fourth-order valence-electron chi connectivity index (χ4n) is 1.05. The first-order valence-corrected chi connectivity index (χ1v) is 3.50. The molecule has 0 aromatic carbocycles. The van der Waals surface area contributed by atoms with Gasteiger partial charge in [0.15, 0.2) is 5.76 Å². The van der Waals surface area contributed by atoms with Gasteiger partial charge in [-0.15, -0.1) is 0 Å². The first-order chi connectivity index (χ1) is 4.79. The maximum Gasteiger partial charge on any atom is 0.156 e. The summed E-state index contributed by atoms with van der Waals surface area (Å²) >= 11 is 0. The van der Waals surface area contributed by atoms with Crippen LogP contribution in [0.15, 0.2) is 4.52 Å². The van der Waals surface area contributed by atoms with Gasteiger partial charge in [-0.1, -0.05) is 5.16 Å². The second-order valence-electron chi connectivity index (χ2n) is 2.81. The van der Waals surface area contributed by atoms with Crippen LogP contribution in [0.25, 0.3) is 0 Å². The van der Waals surface area contributed by atoms with Gasteiger partial charge in [0, 0.05) is 5.92 Å². The summed E-state index contributed by atoms with van der Waals surface area (Å²) in [6.07, 6.45) is 2.44. The number of rotatable bonds is 1. The van der Waals surface area contributed by atoms with Crippen LogP contribution in [0.5, 0.6) is 0 Å². The zero-order valence-electron chi connectivity index (χ0n) is 5.92. The fourth-order valence-corrected chi connectivity index (χ4v) is 1.05. The molecular formula is C7H10N2O. The first-order valence-electron chi connectivity index (χ1n) is 3.50. The van der Waals surface area contributed by atoms with Crippen LogP contribution in [0.1, 0.15) is 30.2 Å². The zero-order chi connectivity index (χ0) is 7.14. The molecule has 0 atom stereocenters. The maximum absolute atomic E-state index is 5.69. The number of aromatic nitrogens is 1. The second-order valence-corrected chi connectivity index (χ2v) is 2.81. The Morgan fingerprint density at radius 1 is 1.60 bits per heavy atom. The summed E-state index contributed by atoms with van der Waals surface area (Å²) in [6, 6.07) is 0. The Hall–Kier alpha value is -0.990. The normalized spacial score (nSPS) is 17.7. The molecule has 1 heterocycles. The molecule has 1 saturated carbocycles. The van der Waals surface area contributed by atoms with E-state index < -0.39 is 0 Å². The van der Waals surface area contributed by atoms with Gasteiger partial charge < -0.3 is 10.3 Å². The first kappa shape index (κ1) is 5.77. The Labute approximate surface area is 59.2 Å². The van der Waals surface area contributed by atoms with Crippen LogP contribution in [-0.2, 0) is 0 Å². The number of nitrogen functional groups attached to an aromatic ring is 1. The number of aryl methyl sites for hydroxylation is 1. The molecule has 1 aliphatic rings. The van der Waals surface area contributed by atoms with Crippen molar-refractivity contribution < 1.29 is 4.52 Å². The van der Waals surface area contributed by atoms with E-state index in [0.29, 0.717) is 5.92 Å². The van der Waals surface area contributed by atoms with Crippen molar-refractivity contribution in [1.82, 2.24) is 5.16 Å². The van der Waals surface area contributed by atoms with Crippen molar-refractivity contribution in [2.75, 3.05) is 5.73 Å². The Bertz CT molecular complexity index is 250. The molecule has 1 aromatic rings. The number of nitrogens with two attached hydrogens (primary N) is 1. The second kappa shape index (κ2) is 1.75. The molecule has 0 bridgehead atoms. The number of nitrogens with zero attached hydrogens (tertiary/aromatic N) is 1. The van der Waals surface area contributed by atoms with Crippen molar-refractivity contribution in [3.63, 3.8) is 0 Å². The molecule has 3 heteroatoms. The minimum absolute atomic E-state index is 0.595. The lowest BCUT2D eigenvalue weighted by molar-refractivity contribution is 0.391. The third kappa shape index (κ3) is 0.701. The Kier molecular flexibility index (Phi) is 1.01. The van der Waals surface area contributed by atoms with Crippen LogP contribution in [-0.4, -0.2) is 5.16 Å². The third-order valence-electron chi connectivity index (χ3n) is 1.90. The van der Waals surface area contributed by atoms with E-state index in [2.05, 4.69) is 5.16 Å². The van der Waals surface area contributed by atoms with Crippen LogP contribution in [0.2, 0.25) is 0 Å². The summed E-state index contributed by atoms with van der Waals surface area (Å²) in [5.74, 6) is 1.35. The average Bonchev–Trinajstić information content (AvgIpc) is 2.67.